The summed E-state index contributed by atoms with van der Waals surface area (Å²) in [5.74, 6) is -1.48. The number of hydrogen-bond donors (Lipinski definition) is 2. The maximum atomic E-state index is 10.0. The maximum absolute atomic E-state index is 10.0. The SMILES string of the molecule is O=CC1=CCC(O)(CO)O1. The second kappa shape index (κ2) is 2.40. The minimum absolute atomic E-state index is 0.0801. The van der Waals surface area contributed by atoms with Crippen molar-refractivity contribution in [3.05, 3.63) is 11.8 Å². The summed E-state index contributed by atoms with van der Waals surface area (Å²) in [5.41, 5.74) is 0. The zero-order chi connectivity index (χ0) is 7.61. The van der Waals surface area contributed by atoms with E-state index in [0.29, 0.717) is 6.29 Å². The monoisotopic (exact) mass is 144 g/mol. The van der Waals surface area contributed by atoms with Gasteiger partial charge in [-0.25, -0.2) is 0 Å². The molecule has 2 N–H and O–H groups in total. The van der Waals surface area contributed by atoms with E-state index in [0.717, 1.165) is 0 Å². The fraction of sp³-hybridized carbons (Fsp3) is 0.500. The van der Waals surface area contributed by atoms with Gasteiger partial charge in [-0.2, -0.15) is 0 Å². The van der Waals surface area contributed by atoms with Crippen molar-refractivity contribution >= 4 is 6.29 Å². The van der Waals surface area contributed by atoms with Gasteiger partial charge in [-0.05, 0) is 6.08 Å². The summed E-state index contributed by atoms with van der Waals surface area (Å²) < 4.78 is 4.65. The molecule has 1 heterocycles. The molecular weight excluding hydrogens is 136 g/mol. The molecule has 0 radical (unpaired) electrons. The van der Waals surface area contributed by atoms with Gasteiger partial charge in [0.1, 0.15) is 6.61 Å². The van der Waals surface area contributed by atoms with Gasteiger partial charge in [0.05, 0.1) is 0 Å². The van der Waals surface area contributed by atoms with Crippen molar-refractivity contribution in [1.82, 2.24) is 0 Å². The third-order valence-corrected chi connectivity index (χ3v) is 1.29. The van der Waals surface area contributed by atoms with Gasteiger partial charge in [-0.3, -0.25) is 4.79 Å². The highest BCUT2D eigenvalue weighted by Gasteiger charge is 2.32. The lowest BCUT2D eigenvalue weighted by Gasteiger charge is -2.19. The van der Waals surface area contributed by atoms with Crippen molar-refractivity contribution in [1.29, 1.82) is 0 Å². The molecule has 0 spiro atoms. The van der Waals surface area contributed by atoms with Crippen LogP contribution >= 0.6 is 0 Å². The summed E-state index contributed by atoms with van der Waals surface area (Å²) in [5, 5.41) is 17.6. The van der Waals surface area contributed by atoms with Gasteiger partial charge >= 0.3 is 0 Å². The first-order chi connectivity index (χ1) is 4.70. The molecule has 1 aliphatic heterocycles. The molecule has 4 heteroatoms. The fourth-order valence-electron chi connectivity index (χ4n) is 0.732. The molecule has 0 bridgehead atoms. The summed E-state index contributed by atoms with van der Waals surface area (Å²) >= 11 is 0. The van der Waals surface area contributed by atoms with Crippen LogP contribution in [0.5, 0.6) is 0 Å². The van der Waals surface area contributed by atoms with E-state index >= 15 is 0 Å². The van der Waals surface area contributed by atoms with Crippen LogP contribution in [0.2, 0.25) is 0 Å². The number of aliphatic hydroxyl groups is 2. The summed E-state index contributed by atoms with van der Waals surface area (Å²) in [6.45, 7) is -0.499. The van der Waals surface area contributed by atoms with E-state index in [1.54, 1.807) is 0 Å². The Morgan fingerprint density at radius 1 is 1.90 bits per heavy atom. The van der Waals surface area contributed by atoms with Crippen molar-refractivity contribution in [3.8, 4) is 0 Å². The van der Waals surface area contributed by atoms with Gasteiger partial charge in [0.25, 0.3) is 0 Å². The van der Waals surface area contributed by atoms with E-state index in [1.807, 2.05) is 0 Å². The topological polar surface area (TPSA) is 66.8 Å². The van der Waals surface area contributed by atoms with Gasteiger partial charge in [-0.15, -0.1) is 0 Å². The highest BCUT2D eigenvalue weighted by molar-refractivity contribution is 5.70. The lowest BCUT2D eigenvalue weighted by atomic mass is 10.2. The van der Waals surface area contributed by atoms with Crippen molar-refractivity contribution in [2.45, 2.75) is 12.2 Å². The maximum Gasteiger partial charge on any atom is 0.235 e. The van der Waals surface area contributed by atoms with Crippen LogP contribution < -0.4 is 0 Å². The van der Waals surface area contributed by atoms with Crippen LogP contribution in [-0.4, -0.2) is 28.9 Å². The zero-order valence-corrected chi connectivity index (χ0v) is 5.28. The number of ether oxygens (including phenoxy) is 1. The average molecular weight is 144 g/mol. The average Bonchev–Trinajstić information content (AvgIpc) is 2.33. The molecule has 0 aromatic rings. The van der Waals surface area contributed by atoms with Crippen LogP contribution in [0.1, 0.15) is 6.42 Å². The van der Waals surface area contributed by atoms with Crippen LogP contribution in [0.25, 0.3) is 0 Å². The number of aliphatic hydroxyl groups excluding tert-OH is 1. The van der Waals surface area contributed by atoms with Crippen LogP contribution in [0, 0.1) is 0 Å². The van der Waals surface area contributed by atoms with Gasteiger partial charge in [0.2, 0.25) is 5.79 Å². The Labute approximate surface area is 57.7 Å². The summed E-state index contributed by atoms with van der Waals surface area (Å²) in [7, 11) is 0. The highest BCUT2D eigenvalue weighted by atomic mass is 16.6. The van der Waals surface area contributed by atoms with E-state index in [9.17, 15) is 4.79 Å². The van der Waals surface area contributed by atoms with E-state index in [-0.39, 0.29) is 12.2 Å². The van der Waals surface area contributed by atoms with Crippen molar-refractivity contribution in [2.75, 3.05) is 6.61 Å². The van der Waals surface area contributed by atoms with Crippen LogP contribution in [-0.2, 0) is 9.53 Å². The molecule has 1 atom stereocenters. The van der Waals surface area contributed by atoms with Gasteiger partial charge in [0, 0.05) is 6.42 Å². The molecule has 0 amide bonds. The van der Waals surface area contributed by atoms with E-state index in [4.69, 9.17) is 10.2 Å². The molecule has 1 rings (SSSR count). The molecule has 56 valence electrons. The number of carbonyl (C=O) groups is 1. The summed E-state index contributed by atoms with van der Waals surface area (Å²) in [6.07, 6.45) is 2.09. The minimum atomic E-state index is -1.56. The second-order valence-corrected chi connectivity index (χ2v) is 2.13. The van der Waals surface area contributed by atoms with E-state index in [2.05, 4.69) is 4.74 Å². The molecule has 0 saturated carbocycles. The highest BCUT2D eigenvalue weighted by Crippen LogP contribution is 2.23. The molecule has 0 fully saturated rings. The Morgan fingerprint density at radius 3 is 2.90 bits per heavy atom. The first kappa shape index (κ1) is 7.24. The smallest absolute Gasteiger partial charge is 0.235 e. The van der Waals surface area contributed by atoms with Gasteiger partial charge in [-0.1, -0.05) is 0 Å². The number of hydrogen-bond acceptors (Lipinski definition) is 4. The number of rotatable bonds is 2. The molecule has 4 nitrogen and oxygen atoms in total. The van der Waals surface area contributed by atoms with E-state index in [1.165, 1.54) is 6.08 Å². The van der Waals surface area contributed by atoms with Crippen molar-refractivity contribution in [3.63, 3.8) is 0 Å². The van der Waals surface area contributed by atoms with Gasteiger partial charge < -0.3 is 14.9 Å². The molecule has 0 aromatic heterocycles. The molecular formula is C6H8O4. The Balaban J connectivity index is 2.57. The normalized spacial score (nSPS) is 31.2. The largest absolute Gasteiger partial charge is 0.457 e. The molecule has 1 aliphatic rings. The van der Waals surface area contributed by atoms with Crippen LogP contribution in [0.4, 0.5) is 0 Å². The third kappa shape index (κ3) is 1.17. The fourth-order valence-corrected chi connectivity index (χ4v) is 0.732. The molecule has 0 saturated heterocycles. The summed E-state index contributed by atoms with van der Waals surface area (Å²) in [4.78, 5) is 10.0. The predicted molar refractivity (Wildman–Crippen MR) is 31.9 cm³/mol. The third-order valence-electron chi connectivity index (χ3n) is 1.29. The second-order valence-electron chi connectivity index (χ2n) is 2.13. The Hall–Kier alpha value is -0.870. The van der Waals surface area contributed by atoms with E-state index < -0.39 is 12.4 Å². The first-order valence-electron chi connectivity index (χ1n) is 2.88. The lowest BCUT2D eigenvalue weighted by molar-refractivity contribution is -0.185. The minimum Gasteiger partial charge on any atom is -0.457 e. The van der Waals surface area contributed by atoms with Gasteiger partial charge in [0.15, 0.2) is 12.0 Å². The Morgan fingerprint density at radius 2 is 2.60 bits per heavy atom. The number of allylic oxidation sites excluding steroid dienone is 1. The Bertz CT molecular complexity index is 175. The predicted octanol–water partition coefficient (Wildman–Crippen LogP) is -0.830. The Kier molecular flexibility index (Phi) is 1.74. The zero-order valence-electron chi connectivity index (χ0n) is 5.28. The van der Waals surface area contributed by atoms with Crippen molar-refractivity contribution < 1.29 is 19.7 Å². The number of aldehydes is 1. The standard InChI is InChI=1S/C6H8O4/c7-3-5-1-2-6(9,4-8)10-5/h1,3,8-9H,2,4H2. The number of carbonyl (C=O) groups excluding carboxylic acids is 1. The molecule has 1 unspecified atom stereocenters. The van der Waals surface area contributed by atoms with Crippen LogP contribution in [0.3, 0.4) is 0 Å². The summed E-state index contributed by atoms with van der Waals surface area (Å²) in [6, 6.07) is 0. The molecule has 0 aliphatic carbocycles. The van der Waals surface area contributed by atoms with Crippen LogP contribution in [0.15, 0.2) is 11.8 Å². The van der Waals surface area contributed by atoms with Crippen molar-refractivity contribution in [2.24, 2.45) is 0 Å². The molecule has 0 aromatic carbocycles. The first-order valence-corrected chi connectivity index (χ1v) is 2.88. The quantitative estimate of drug-likeness (QED) is 0.496. The molecule has 10 heavy (non-hydrogen) atoms. The lowest BCUT2D eigenvalue weighted by Crippen LogP contribution is -2.32.